The Bertz CT molecular complexity index is 1150. The highest BCUT2D eigenvalue weighted by Crippen LogP contribution is 2.24. The van der Waals surface area contributed by atoms with Crippen LogP contribution in [0.4, 0.5) is 17.2 Å². The van der Waals surface area contributed by atoms with Gasteiger partial charge in [-0.05, 0) is 55.8 Å². The van der Waals surface area contributed by atoms with E-state index in [9.17, 15) is 4.79 Å². The van der Waals surface area contributed by atoms with Crippen LogP contribution in [-0.2, 0) is 0 Å². The molecule has 29 heavy (non-hydrogen) atoms. The average molecular weight is 383 g/mol. The molecule has 144 valence electrons. The molecule has 0 unspecified atom stereocenters. The standard InChI is InChI=1S/C23H21N5O/c1-3-28(18-10-4-7-16(2)15-18)21-13-12-20(26-27-21)23(29)25-19-11-5-8-17-9-6-14-24-22(17)19/h4-15H,3H2,1-2H3,(H,25,29). The predicted octanol–water partition coefficient (Wildman–Crippen LogP) is 4.74. The summed E-state index contributed by atoms with van der Waals surface area (Å²) < 4.78 is 0. The van der Waals surface area contributed by atoms with Gasteiger partial charge in [0, 0.05) is 23.8 Å². The van der Waals surface area contributed by atoms with Gasteiger partial charge in [0.1, 0.15) is 0 Å². The van der Waals surface area contributed by atoms with E-state index in [0.717, 1.165) is 23.1 Å². The van der Waals surface area contributed by atoms with E-state index >= 15 is 0 Å². The van der Waals surface area contributed by atoms with Gasteiger partial charge in [0.25, 0.3) is 5.91 Å². The lowest BCUT2D eigenvalue weighted by molar-refractivity contribution is 0.102. The molecule has 2 aromatic heterocycles. The second kappa shape index (κ2) is 8.06. The zero-order valence-corrected chi connectivity index (χ0v) is 16.3. The van der Waals surface area contributed by atoms with E-state index in [2.05, 4.69) is 51.4 Å². The zero-order valence-electron chi connectivity index (χ0n) is 16.3. The van der Waals surface area contributed by atoms with Crippen LogP contribution in [0, 0.1) is 6.92 Å². The maximum Gasteiger partial charge on any atom is 0.276 e. The van der Waals surface area contributed by atoms with Crippen molar-refractivity contribution >= 4 is 34.0 Å². The van der Waals surface area contributed by atoms with E-state index < -0.39 is 0 Å². The van der Waals surface area contributed by atoms with Gasteiger partial charge < -0.3 is 10.2 Å². The van der Waals surface area contributed by atoms with Crippen molar-refractivity contribution < 1.29 is 4.79 Å². The van der Waals surface area contributed by atoms with E-state index in [1.807, 2.05) is 48.5 Å². The Balaban J connectivity index is 1.56. The van der Waals surface area contributed by atoms with Crippen LogP contribution >= 0.6 is 0 Å². The highest BCUT2D eigenvalue weighted by Gasteiger charge is 2.14. The number of hydrogen-bond donors (Lipinski definition) is 1. The molecule has 6 nitrogen and oxygen atoms in total. The first-order valence-electron chi connectivity index (χ1n) is 9.49. The third-order valence-corrected chi connectivity index (χ3v) is 4.67. The van der Waals surface area contributed by atoms with Crippen molar-refractivity contribution in [3.05, 3.63) is 84.2 Å². The summed E-state index contributed by atoms with van der Waals surface area (Å²) in [5.41, 5.74) is 3.86. The van der Waals surface area contributed by atoms with Crippen LogP contribution in [0.5, 0.6) is 0 Å². The number of para-hydroxylation sites is 1. The van der Waals surface area contributed by atoms with E-state index in [0.29, 0.717) is 11.5 Å². The van der Waals surface area contributed by atoms with Crippen LogP contribution in [0.25, 0.3) is 10.9 Å². The van der Waals surface area contributed by atoms with Crippen LogP contribution in [0.2, 0.25) is 0 Å². The van der Waals surface area contributed by atoms with Gasteiger partial charge in [-0.2, -0.15) is 0 Å². The molecule has 0 aliphatic heterocycles. The number of rotatable bonds is 5. The van der Waals surface area contributed by atoms with Crippen molar-refractivity contribution in [3.63, 3.8) is 0 Å². The van der Waals surface area contributed by atoms with Crippen molar-refractivity contribution in [2.75, 3.05) is 16.8 Å². The molecule has 2 heterocycles. The predicted molar refractivity (Wildman–Crippen MR) is 116 cm³/mol. The zero-order chi connectivity index (χ0) is 20.2. The Labute approximate surface area is 169 Å². The fraction of sp³-hybridized carbons (Fsp3) is 0.130. The first-order chi connectivity index (χ1) is 14.2. The lowest BCUT2D eigenvalue weighted by Crippen LogP contribution is -2.20. The molecule has 0 atom stereocenters. The Morgan fingerprint density at radius 3 is 2.59 bits per heavy atom. The first-order valence-corrected chi connectivity index (χ1v) is 9.49. The molecule has 0 aliphatic rings. The molecule has 4 rings (SSSR count). The number of aromatic nitrogens is 3. The van der Waals surface area contributed by atoms with Crippen molar-refractivity contribution in [2.24, 2.45) is 0 Å². The maximum atomic E-state index is 12.7. The minimum Gasteiger partial charge on any atom is -0.325 e. The van der Waals surface area contributed by atoms with Crippen molar-refractivity contribution in [2.45, 2.75) is 13.8 Å². The number of benzene rings is 2. The molecular weight excluding hydrogens is 362 g/mol. The molecule has 2 aromatic carbocycles. The van der Waals surface area contributed by atoms with Gasteiger partial charge in [0.05, 0.1) is 11.2 Å². The minimum atomic E-state index is -0.319. The second-order valence-electron chi connectivity index (χ2n) is 6.69. The number of carbonyl (C=O) groups is 1. The summed E-state index contributed by atoms with van der Waals surface area (Å²) in [6.07, 6.45) is 1.71. The van der Waals surface area contributed by atoms with Crippen LogP contribution < -0.4 is 10.2 Å². The Kier molecular flexibility index (Phi) is 5.16. The SMILES string of the molecule is CCN(c1cccc(C)c1)c1ccc(C(=O)Nc2cccc3cccnc23)nn1. The molecule has 6 heteroatoms. The number of amides is 1. The summed E-state index contributed by atoms with van der Waals surface area (Å²) in [4.78, 5) is 19.1. The van der Waals surface area contributed by atoms with Gasteiger partial charge in [-0.15, -0.1) is 10.2 Å². The lowest BCUT2D eigenvalue weighted by Gasteiger charge is -2.22. The third-order valence-electron chi connectivity index (χ3n) is 4.67. The summed E-state index contributed by atoms with van der Waals surface area (Å²) >= 11 is 0. The number of pyridine rings is 1. The Morgan fingerprint density at radius 2 is 1.83 bits per heavy atom. The van der Waals surface area contributed by atoms with E-state index in [1.54, 1.807) is 12.3 Å². The molecule has 4 aromatic rings. The monoisotopic (exact) mass is 383 g/mol. The second-order valence-corrected chi connectivity index (χ2v) is 6.69. The molecule has 0 bridgehead atoms. The Morgan fingerprint density at radius 1 is 1.00 bits per heavy atom. The van der Waals surface area contributed by atoms with E-state index in [-0.39, 0.29) is 11.6 Å². The number of aryl methyl sites for hydroxylation is 1. The Hall–Kier alpha value is -3.80. The molecule has 0 radical (unpaired) electrons. The molecule has 0 saturated heterocycles. The molecule has 0 saturated carbocycles. The van der Waals surface area contributed by atoms with Crippen molar-refractivity contribution in [1.29, 1.82) is 0 Å². The summed E-state index contributed by atoms with van der Waals surface area (Å²) in [7, 11) is 0. The highest BCUT2D eigenvalue weighted by atomic mass is 16.1. The quantitative estimate of drug-likeness (QED) is 0.539. The fourth-order valence-corrected chi connectivity index (χ4v) is 3.25. The molecule has 0 spiro atoms. The highest BCUT2D eigenvalue weighted by molar-refractivity contribution is 6.07. The number of carbonyl (C=O) groups excluding carboxylic acids is 1. The lowest BCUT2D eigenvalue weighted by atomic mass is 10.2. The van der Waals surface area contributed by atoms with Gasteiger partial charge in [-0.3, -0.25) is 9.78 Å². The maximum absolute atomic E-state index is 12.7. The van der Waals surface area contributed by atoms with Crippen LogP contribution in [-0.4, -0.2) is 27.6 Å². The molecule has 0 fully saturated rings. The number of anilines is 3. The van der Waals surface area contributed by atoms with E-state index in [1.165, 1.54) is 5.56 Å². The molecular formula is C23H21N5O. The smallest absolute Gasteiger partial charge is 0.276 e. The average Bonchev–Trinajstić information content (AvgIpc) is 2.75. The van der Waals surface area contributed by atoms with E-state index in [4.69, 9.17) is 0 Å². The first kappa shape index (κ1) is 18.6. The fourth-order valence-electron chi connectivity index (χ4n) is 3.25. The molecule has 0 aliphatic carbocycles. The van der Waals surface area contributed by atoms with Crippen molar-refractivity contribution in [1.82, 2.24) is 15.2 Å². The van der Waals surface area contributed by atoms with Crippen LogP contribution in [0.15, 0.2) is 72.9 Å². The summed E-state index contributed by atoms with van der Waals surface area (Å²) in [5.74, 6) is 0.377. The van der Waals surface area contributed by atoms with Gasteiger partial charge in [-0.1, -0.05) is 30.3 Å². The number of hydrogen-bond acceptors (Lipinski definition) is 5. The number of nitrogens with zero attached hydrogens (tertiary/aromatic N) is 4. The van der Waals surface area contributed by atoms with Gasteiger partial charge in [0.2, 0.25) is 0 Å². The van der Waals surface area contributed by atoms with Gasteiger partial charge in [-0.25, -0.2) is 0 Å². The topological polar surface area (TPSA) is 71.0 Å². The van der Waals surface area contributed by atoms with Crippen molar-refractivity contribution in [3.8, 4) is 0 Å². The minimum absolute atomic E-state index is 0.252. The van der Waals surface area contributed by atoms with Crippen LogP contribution in [0.1, 0.15) is 23.0 Å². The molecule has 1 N–H and O–H groups in total. The summed E-state index contributed by atoms with van der Waals surface area (Å²) in [6.45, 7) is 4.85. The largest absolute Gasteiger partial charge is 0.325 e. The summed E-state index contributed by atoms with van der Waals surface area (Å²) in [6, 6.07) is 21.2. The summed E-state index contributed by atoms with van der Waals surface area (Å²) in [5, 5.41) is 12.3. The van der Waals surface area contributed by atoms with Gasteiger partial charge in [0.15, 0.2) is 11.5 Å². The number of fused-ring (bicyclic) bond motifs is 1. The van der Waals surface area contributed by atoms with Gasteiger partial charge >= 0.3 is 0 Å². The third kappa shape index (κ3) is 3.91. The van der Waals surface area contributed by atoms with Crippen LogP contribution in [0.3, 0.4) is 0 Å². The number of nitrogens with one attached hydrogen (secondary N) is 1. The molecule has 1 amide bonds. The normalized spacial score (nSPS) is 10.7.